The second kappa shape index (κ2) is 9.55. The lowest BCUT2D eigenvalue weighted by atomic mass is 9.69. The maximum absolute atomic E-state index is 12.6. The van der Waals surface area contributed by atoms with Crippen LogP contribution in [0.15, 0.2) is 54.4 Å². The number of carbonyl (C=O) groups is 1. The van der Waals surface area contributed by atoms with Crippen molar-refractivity contribution in [3.05, 3.63) is 65.8 Å². The summed E-state index contributed by atoms with van der Waals surface area (Å²) in [6, 6.07) is 9.17. The van der Waals surface area contributed by atoms with Crippen LogP contribution in [0.5, 0.6) is 5.75 Å². The first-order valence-electron chi connectivity index (χ1n) is 11.3. The summed E-state index contributed by atoms with van der Waals surface area (Å²) >= 11 is 0. The van der Waals surface area contributed by atoms with Crippen LogP contribution in [0.2, 0.25) is 0 Å². The fourth-order valence-corrected chi connectivity index (χ4v) is 4.80. The fourth-order valence-electron chi connectivity index (χ4n) is 4.80. The van der Waals surface area contributed by atoms with Gasteiger partial charge in [0.15, 0.2) is 0 Å². The van der Waals surface area contributed by atoms with Gasteiger partial charge in [0.1, 0.15) is 11.6 Å². The van der Waals surface area contributed by atoms with E-state index in [1.54, 1.807) is 25.4 Å². The highest BCUT2D eigenvalue weighted by atomic mass is 16.5. The average Bonchev–Trinajstić information content (AvgIpc) is 3.21. The van der Waals surface area contributed by atoms with E-state index in [-0.39, 0.29) is 5.91 Å². The zero-order chi connectivity index (χ0) is 22.7. The lowest BCUT2D eigenvalue weighted by Crippen LogP contribution is -2.37. The highest BCUT2D eigenvalue weighted by molar-refractivity contribution is 5.94. The van der Waals surface area contributed by atoms with Gasteiger partial charge >= 0.3 is 0 Å². The highest BCUT2D eigenvalue weighted by Crippen LogP contribution is 2.38. The number of carbonyl (C=O) groups excluding carboxylic acids is 1. The first-order chi connectivity index (χ1) is 15.4. The molecule has 1 aliphatic rings. The molecule has 0 saturated heterocycles. The van der Waals surface area contributed by atoms with Crippen LogP contribution in [-0.2, 0) is 6.42 Å². The molecule has 1 aliphatic carbocycles. The van der Waals surface area contributed by atoms with Gasteiger partial charge in [-0.3, -0.25) is 9.78 Å². The number of allylic oxidation sites excluding steroid dienone is 1. The van der Waals surface area contributed by atoms with Crippen LogP contribution in [0, 0.1) is 23.7 Å². The van der Waals surface area contributed by atoms with Gasteiger partial charge in [-0.1, -0.05) is 25.5 Å². The van der Waals surface area contributed by atoms with Crippen molar-refractivity contribution in [1.82, 2.24) is 20.3 Å². The molecule has 2 heterocycles. The van der Waals surface area contributed by atoms with Gasteiger partial charge in [-0.05, 0) is 67.3 Å². The summed E-state index contributed by atoms with van der Waals surface area (Å²) < 4.78 is 5.18. The number of H-pyrrole nitrogens is 1. The molecule has 1 aromatic carbocycles. The van der Waals surface area contributed by atoms with Gasteiger partial charge in [-0.25, -0.2) is 4.98 Å². The Balaban J connectivity index is 1.44. The number of fused-ring (bicyclic) bond motifs is 1. The Morgan fingerprint density at radius 3 is 2.72 bits per heavy atom. The van der Waals surface area contributed by atoms with Crippen molar-refractivity contribution in [2.45, 2.75) is 33.6 Å². The number of nitrogens with one attached hydrogen (secondary N) is 2. The number of aromatic amines is 1. The number of benzene rings is 1. The molecule has 3 aromatic rings. The Kier molecular flexibility index (Phi) is 6.58. The van der Waals surface area contributed by atoms with Gasteiger partial charge in [0, 0.05) is 24.7 Å². The summed E-state index contributed by atoms with van der Waals surface area (Å²) in [5, 5.41) is 3.14. The number of amides is 1. The molecule has 168 valence electrons. The van der Waals surface area contributed by atoms with E-state index in [9.17, 15) is 4.79 Å². The number of rotatable bonds is 7. The highest BCUT2D eigenvalue weighted by Gasteiger charge is 2.32. The summed E-state index contributed by atoms with van der Waals surface area (Å²) in [5.41, 5.74) is 3.98. The molecular formula is C26H32N4O2. The number of ether oxygens (including phenoxy) is 1. The summed E-state index contributed by atoms with van der Waals surface area (Å²) in [4.78, 5) is 25.0. The third-order valence-corrected chi connectivity index (χ3v) is 6.71. The van der Waals surface area contributed by atoms with Gasteiger partial charge in [0.05, 0.1) is 24.3 Å². The van der Waals surface area contributed by atoms with Gasteiger partial charge in [0.25, 0.3) is 5.91 Å². The lowest BCUT2D eigenvalue weighted by molar-refractivity contribution is 0.0939. The molecule has 2 N–H and O–H groups in total. The van der Waals surface area contributed by atoms with E-state index in [1.807, 2.05) is 24.4 Å². The first-order valence-corrected chi connectivity index (χ1v) is 11.3. The minimum Gasteiger partial charge on any atom is -0.497 e. The van der Waals surface area contributed by atoms with E-state index in [4.69, 9.17) is 9.72 Å². The molecule has 0 unspecified atom stereocenters. The minimum atomic E-state index is -0.0424. The third-order valence-electron chi connectivity index (χ3n) is 6.71. The predicted octanol–water partition coefficient (Wildman–Crippen LogP) is 4.79. The van der Waals surface area contributed by atoms with Crippen LogP contribution >= 0.6 is 0 Å². The van der Waals surface area contributed by atoms with Crippen molar-refractivity contribution in [2.24, 2.45) is 23.7 Å². The summed E-state index contributed by atoms with van der Waals surface area (Å²) in [5.74, 6) is 3.53. The maximum Gasteiger partial charge on any atom is 0.251 e. The van der Waals surface area contributed by atoms with Gasteiger partial charge < -0.3 is 15.0 Å². The minimum absolute atomic E-state index is 0.0424. The Morgan fingerprint density at radius 2 is 2.03 bits per heavy atom. The van der Waals surface area contributed by atoms with E-state index in [0.29, 0.717) is 35.8 Å². The number of methoxy groups -OCH3 is 1. The second-order valence-electron chi connectivity index (χ2n) is 9.13. The zero-order valence-corrected chi connectivity index (χ0v) is 19.3. The maximum atomic E-state index is 12.6. The molecule has 0 bridgehead atoms. The normalized spacial score (nSPS) is 20.9. The number of hydrogen-bond acceptors (Lipinski definition) is 4. The largest absolute Gasteiger partial charge is 0.497 e. The zero-order valence-electron chi connectivity index (χ0n) is 19.3. The Labute approximate surface area is 189 Å². The first kappa shape index (κ1) is 22.1. The Bertz CT molecular complexity index is 1070. The van der Waals surface area contributed by atoms with Crippen molar-refractivity contribution in [3.8, 4) is 5.75 Å². The molecule has 32 heavy (non-hydrogen) atoms. The number of pyridine rings is 1. The summed E-state index contributed by atoms with van der Waals surface area (Å²) in [7, 11) is 1.62. The number of hydrogen-bond donors (Lipinski definition) is 2. The smallest absolute Gasteiger partial charge is 0.251 e. The van der Waals surface area contributed by atoms with Crippen LogP contribution in [0.3, 0.4) is 0 Å². The molecule has 0 aliphatic heterocycles. The fraction of sp³-hybridized carbons (Fsp3) is 0.423. The van der Waals surface area contributed by atoms with E-state index in [1.165, 1.54) is 5.57 Å². The molecule has 6 heteroatoms. The van der Waals surface area contributed by atoms with Crippen LogP contribution in [0.4, 0.5) is 0 Å². The predicted molar refractivity (Wildman–Crippen MR) is 127 cm³/mol. The number of nitrogens with zero attached hydrogens (tertiary/aromatic N) is 2. The van der Waals surface area contributed by atoms with E-state index in [2.05, 4.69) is 42.1 Å². The second-order valence-corrected chi connectivity index (χ2v) is 9.13. The molecule has 4 rings (SSSR count). The molecule has 1 amide bonds. The molecule has 2 aromatic heterocycles. The van der Waals surface area contributed by atoms with Crippen LogP contribution in [-0.4, -0.2) is 34.5 Å². The van der Waals surface area contributed by atoms with E-state index < -0.39 is 0 Å². The summed E-state index contributed by atoms with van der Waals surface area (Å²) in [6.45, 7) is 7.42. The van der Waals surface area contributed by atoms with Crippen molar-refractivity contribution >= 4 is 16.9 Å². The van der Waals surface area contributed by atoms with Crippen LogP contribution < -0.4 is 10.1 Å². The number of imidazole rings is 1. The van der Waals surface area contributed by atoms with E-state index >= 15 is 0 Å². The Morgan fingerprint density at radius 1 is 1.25 bits per heavy atom. The lowest BCUT2D eigenvalue weighted by Gasteiger charge is -2.37. The Hall–Kier alpha value is -3.15. The van der Waals surface area contributed by atoms with Crippen molar-refractivity contribution < 1.29 is 9.53 Å². The van der Waals surface area contributed by atoms with Crippen LogP contribution in [0.1, 0.15) is 43.4 Å². The monoisotopic (exact) mass is 432 g/mol. The SMILES string of the molecule is COc1ccc(C(=O)NC[C@@H]2C=C(C)[C@H](Cc3nc4ccncc4[nH]3)C[C@H]2C(C)C)cc1. The van der Waals surface area contributed by atoms with E-state index in [0.717, 1.165) is 35.4 Å². The molecule has 6 nitrogen and oxygen atoms in total. The van der Waals surface area contributed by atoms with Gasteiger partial charge in [-0.2, -0.15) is 0 Å². The van der Waals surface area contributed by atoms with Crippen molar-refractivity contribution in [3.63, 3.8) is 0 Å². The molecule has 0 spiro atoms. The molecule has 0 saturated carbocycles. The van der Waals surface area contributed by atoms with Gasteiger partial charge in [-0.15, -0.1) is 0 Å². The third kappa shape index (κ3) is 4.85. The number of aromatic nitrogens is 3. The standard InChI is InChI=1S/C26H32N4O2/c1-16(2)22-12-19(13-25-29-23-9-10-27-15-24(23)30-25)17(3)11-20(22)14-28-26(31)18-5-7-21(32-4)8-6-18/h5-11,15-16,19-20,22H,12-14H2,1-4H3,(H,28,31)(H,29,30)/t19-,20-,22-/m0/s1. The average molecular weight is 433 g/mol. The molecule has 0 radical (unpaired) electrons. The molecule has 0 fully saturated rings. The molecular weight excluding hydrogens is 400 g/mol. The molecule has 3 atom stereocenters. The quantitative estimate of drug-likeness (QED) is 0.526. The van der Waals surface area contributed by atoms with Crippen molar-refractivity contribution in [1.29, 1.82) is 0 Å². The topological polar surface area (TPSA) is 79.9 Å². The summed E-state index contributed by atoms with van der Waals surface area (Å²) in [6.07, 6.45) is 7.97. The van der Waals surface area contributed by atoms with Crippen LogP contribution in [0.25, 0.3) is 11.0 Å². The van der Waals surface area contributed by atoms with Crippen molar-refractivity contribution in [2.75, 3.05) is 13.7 Å². The van der Waals surface area contributed by atoms with Gasteiger partial charge in [0.2, 0.25) is 0 Å².